The van der Waals surface area contributed by atoms with Crippen LogP contribution < -0.4 is 25.3 Å². The number of carbonyl (C=O) groups is 1. The van der Waals surface area contributed by atoms with Crippen molar-refractivity contribution in [2.75, 3.05) is 67.5 Å². The van der Waals surface area contributed by atoms with E-state index in [0.717, 1.165) is 37.9 Å². The lowest BCUT2D eigenvalue weighted by atomic mass is 10.0. The Hall–Kier alpha value is -4.22. The second-order valence-corrected chi connectivity index (χ2v) is 9.74. The molecule has 3 aromatic rings. The molecule has 40 heavy (non-hydrogen) atoms. The molecule has 9 nitrogen and oxygen atoms in total. The Kier molecular flexibility index (Phi) is 8.13. The van der Waals surface area contributed by atoms with Crippen molar-refractivity contribution in [3.05, 3.63) is 78.5 Å². The summed E-state index contributed by atoms with van der Waals surface area (Å²) in [5.74, 6) is -0.527. The number of hydroxylamine groups is 1. The number of hydrogen-bond acceptors (Lipinski definition) is 8. The number of benzene rings is 2. The predicted octanol–water partition coefficient (Wildman–Crippen LogP) is 4.87. The lowest BCUT2D eigenvalue weighted by Gasteiger charge is -2.35. The minimum Gasteiger partial charge on any atom is -0.494 e. The number of piperazine rings is 1. The lowest BCUT2D eigenvalue weighted by molar-refractivity contribution is -0.111. The molecule has 2 aromatic carbocycles. The molecule has 2 aliphatic heterocycles. The van der Waals surface area contributed by atoms with Crippen LogP contribution in [0.3, 0.4) is 0 Å². The molecule has 3 heterocycles. The largest absolute Gasteiger partial charge is 0.494 e. The van der Waals surface area contributed by atoms with Crippen LogP contribution in [0.25, 0.3) is 0 Å². The zero-order valence-electron chi connectivity index (χ0n) is 22.5. The highest BCUT2D eigenvalue weighted by Crippen LogP contribution is 2.40. The van der Waals surface area contributed by atoms with Crippen molar-refractivity contribution < 1.29 is 23.1 Å². The van der Waals surface area contributed by atoms with Crippen LogP contribution in [0.2, 0.25) is 0 Å². The van der Waals surface area contributed by atoms with Crippen molar-refractivity contribution in [1.82, 2.24) is 9.88 Å². The number of anilines is 5. The molecule has 0 saturated carbocycles. The number of carbonyl (C=O) groups excluding carboxylic acids is 1. The van der Waals surface area contributed by atoms with Crippen molar-refractivity contribution in [2.24, 2.45) is 0 Å². The third-order valence-electron chi connectivity index (χ3n) is 7.04. The van der Waals surface area contributed by atoms with Crippen molar-refractivity contribution >= 4 is 34.5 Å². The van der Waals surface area contributed by atoms with Crippen LogP contribution in [0.15, 0.2) is 61.3 Å². The standard InChI is InChI=1S/C29H32F2N6O3/c1-4-29(38)34-23-17-24(27(39-3)18-26(23)36-10-8-35(2)9-11-36)33-28-16-22(5-7-32-28)37-25(6-12-40-37)19-13-20(30)15-21(31)14-19/h4-5,7,13-18,25H,1,6,8-12H2,2-3H3,(H,32,33)(H,34,38). The Balaban J connectivity index is 1.44. The number of amides is 1. The first-order valence-corrected chi connectivity index (χ1v) is 13.0. The number of nitrogens with zero attached hydrogens (tertiary/aromatic N) is 4. The molecule has 1 unspecified atom stereocenters. The van der Waals surface area contributed by atoms with Crippen LogP contribution in [0.4, 0.5) is 37.3 Å². The van der Waals surface area contributed by atoms with Crippen LogP contribution in [0, 0.1) is 11.6 Å². The number of ether oxygens (including phenoxy) is 1. The van der Waals surface area contributed by atoms with Crippen molar-refractivity contribution in [3.63, 3.8) is 0 Å². The van der Waals surface area contributed by atoms with E-state index in [1.54, 1.807) is 30.5 Å². The summed E-state index contributed by atoms with van der Waals surface area (Å²) >= 11 is 0. The van der Waals surface area contributed by atoms with Gasteiger partial charge in [-0.25, -0.2) is 18.8 Å². The van der Waals surface area contributed by atoms with E-state index in [-0.39, 0.29) is 11.9 Å². The average molecular weight is 551 g/mol. The molecule has 11 heteroatoms. The van der Waals surface area contributed by atoms with Crippen LogP contribution in [-0.4, -0.2) is 62.7 Å². The van der Waals surface area contributed by atoms with Crippen LogP contribution >= 0.6 is 0 Å². The maximum absolute atomic E-state index is 13.9. The minimum atomic E-state index is -0.634. The first-order chi connectivity index (χ1) is 19.3. The van der Waals surface area contributed by atoms with Gasteiger partial charge < -0.3 is 25.2 Å². The summed E-state index contributed by atoms with van der Waals surface area (Å²) in [6.45, 7) is 7.39. The molecule has 2 N–H and O–H groups in total. The topological polar surface area (TPSA) is 82.2 Å². The fourth-order valence-corrected chi connectivity index (χ4v) is 4.99. The quantitative estimate of drug-likeness (QED) is 0.385. The Morgan fingerprint density at radius 3 is 2.55 bits per heavy atom. The lowest BCUT2D eigenvalue weighted by Crippen LogP contribution is -2.44. The van der Waals surface area contributed by atoms with E-state index >= 15 is 0 Å². The Bertz CT molecular complexity index is 1380. The van der Waals surface area contributed by atoms with Gasteiger partial charge in [0.25, 0.3) is 0 Å². The second kappa shape index (κ2) is 11.9. The van der Waals surface area contributed by atoms with Crippen molar-refractivity contribution in [1.29, 1.82) is 0 Å². The molecule has 5 rings (SSSR count). The molecule has 0 spiro atoms. The van der Waals surface area contributed by atoms with E-state index < -0.39 is 11.6 Å². The third-order valence-corrected chi connectivity index (χ3v) is 7.04. The predicted molar refractivity (Wildman–Crippen MR) is 151 cm³/mol. The highest BCUT2D eigenvalue weighted by molar-refractivity contribution is 6.02. The molecule has 2 aliphatic rings. The van der Waals surface area contributed by atoms with Gasteiger partial charge in [0.1, 0.15) is 23.2 Å². The van der Waals surface area contributed by atoms with Gasteiger partial charge in [-0.2, -0.15) is 0 Å². The van der Waals surface area contributed by atoms with Gasteiger partial charge in [-0.15, -0.1) is 0 Å². The number of methoxy groups -OCH3 is 1. The summed E-state index contributed by atoms with van der Waals surface area (Å²) in [6.07, 6.45) is 3.42. The zero-order chi connectivity index (χ0) is 28.2. The molecule has 0 aliphatic carbocycles. The van der Waals surface area contributed by atoms with Gasteiger partial charge >= 0.3 is 0 Å². The number of hydrogen-bond donors (Lipinski definition) is 2. The molecule has 2 saturated heterocycles. The highest BCUT2D eigenvalue weighted by atomic mass is 19.1. The second-order valence-electron chi connectivity index (χ2n) is 9.74. The van der Waals surface area contributed by atoms with Gasteiger partial charge in [0, 0.05) is 57.0 Å². The van der Waals surface area contributed by atoms with E-state index in [9.17, 15) is 13.6 Å². The van der Waals surface area contributed by atoms with Crippen molar-refractivity contribution in [2.45, 2.75) is 12.5 Å². The van der Waals surface area contributed by atoms with Gasteiger partial charge in [0.15, 0.2) is 0 Å². The van der Waals surface area contributed by atoms with Crippen LogP contribution in [-0.2, 0) is 9.63 Å². The summed E-state index contributed by atoms with van der Waals surface area (Å²) in [5.41, 5.74) is 3.21. The molecule has 210 valence electrons. The maximum Gasteiger partial charge on any atom is 0.247 e. The van der Waals surface area contributed by atoms with Gasteiger partial charge in [-0.3, -0.25) is 9.63 Å². The highest BCUT2D eigenvalue weighted by Gasteiger charge is 2.29. The summed E-state index contributed by atoms with van der Waals surface area (Å²) in [7, 11) is 3.67. The Morgan fingerprint density at radius 1 is 1.10 bits per heavy atom. The fourth-order valence-electron chi connectivity index (χ4n) is 4.99. The molecule has 1 atom stereocenters. The fraction of sp³-hybridized carbons (Fsp3) is 0.310. The normalized spacial score (nSPS) is 17.6. The molecule has 1 amide bonds. The van der Waals surface area contributed by atoms with Crippen molar-refractivity contribution in [3.8, 4) is 5.75 Å². The summed E-state index contributed by atoms with van der Waals surface area (Å²) in [4.78, 5) is 27.0. The Morgan fingerprint density at radius 2 is 1.85 bits per heavy atom. The summed E-state index contributed by atoms with van der Waals surface area (Å²) < 4.78 is 33.6. The smallest absolute Gasteiger partial charge is 0.247 e. The van der Waals surface area contributed by atoms with Gasteiger partial charge in [-0.1, -0.05) is 6.58 Å². The summed E-state index contributed by atoms with van der Waals surface area (Å²) in [6, 6.07) is 10.4. The number of rotatable bonds is 8. The van der Waals surface area contributed by atoms with E-state index in [1.807, 2.05) is 12.1 Å². The summed E-state index contributed by atoms with van der Waals surface area (Å²) in [5, 5.41) is 7.85. The third kappa shape index (κ3) is 6.00. The number of aromatic nitrogens is 1. The average Bonchev–Trinajstić information content (AvgIpc) is 3.44. The van der Waals surface area contributed by atoms with Gasteiger partial charge in [0.05, 0.1) is 42.5 Å². The van der Waals surface area contributed by atoms with Gasteiger partial charge in [-0.05, 0) is 43.0 Å². The molecule has 0 bridgehead atoms. The van der Waals surface area contributed by atoms with Crippen LogP contribution in [0.1, 0.15) is 18.0 Å². The maximum atomic E-state index is 13.9. The molecule has 2 fully saturated rings. The SMILES string of the molecule is C=CC(=O)Nc1cc(Nc2cc(N3OCCC3c3cc(F)cc(F)c3)ccn2)c(OC)cc1N1CCN(C)CC1. The molecule has 1 aromatic heterocycles. The Labute approximate surface area is 231 Å². The first-order valence-electron chi connectivity index (χ1n) is 13.0. The monoisotopic (exact) mass is 550 g/mol. The number of likely N-dealkylation sites (N-methyl/N-ethyl adjacent to an activating group) is 1. The molecular formula is C29H32F2N6O3. The van der Waals surface area contributed by atoms with Gasteiger partial charge in [0.2, 0.25) is 5.91 Å². The number of pyridine rings is 1. The van der Waals surface area contributed by atoms with Crippen LogP contribution in [0.5, 0.6) is 5.75 Å². The molecular weight excluding hydrogens is 518 g/mol. The first kappa shape index (κ1) is 27.4. The van der Waals surface area contributed by atoms with E-state index in [4.69, 9.17) is 9.57 Å². The van der Waals surface area contributed by atoms with E-state index in [1.165, 1.54) is 18.2 Å². The molecule has 0 radical (unpaired) electrons. The minimum absolute atomic E-state index is 0.322. The number of halogens is 2. The number of nitrogens with one attached hydrogen (secondary N) is 2. The van der Waals surface area contributed by atoms with E-state index in [2.05, 4.69) is 39.0 Å². The van der Waals surface area contributed by atoms with E-state index in [0.29, 0.717) is 47.2 Å². The zero-order valence-corrected chi connectivity index (χ0v) is 22.5.